The van der Waals surface area contributed by atoms with Gasteiger partial charge in [-0.25, -0.2) is 19.9 Å². The SMILES string of the molecule is CC(C)(OC(=O)[C@@H]1CCCN1C(=O)[C@H](Cc1ccccc1)NC(=O)[C@@H](N)CCCN=C(N)N[N+](=O)[O-])C12CC3CC(CC(C3)C1)C2. The predicted molar refractivity (Wildman–Crippen MR) is 171 cm³/mol. The quantitative estimate of drug-likeness (QED) is 0.0626. The first-order chi connectivity index (χ1) is 21.9. The average molecular weight is 640 g/mol. The summed E-state index contributed by atoms with van der Waals surface area (Å²) in [7, 11) is 0. The number of carbonyl (C=O) groups excluding carboxylic acids is 3. The Morgan fingerprint density at radius 1 is 1.13 bits per heavy atom. The molecule has 5 fully saturated rings. The zero-order valence-electron chi connectivity index (χ0n) is 27.0. The van der Waals surface area contributed by atoms with Crippen LogP contribution in [0.4, 0.5) is 0 Å². The fraction of sp³-hybridized carbons (Fsp3) is 0.697. The van der Waals surface area contributed by atoms with Crippen LogP contribution in [0.1, 0.15) is 83.6 Å². The molecular weight excluding hydrogens is 590 g/mol. The van der Waals surface area contributed by atoms with Gasteiger partial charge in [-0.2, -0.15) is 0 Å². The number of aliphatic imine (C=N–C) groups is 1. The Kier molecular flexibility index (Phi) is 10.2. The molecule has 1 aliphatic heterocycles. The second kappa shape index (κ2) is 13.9. The van der Waals surface area contributed by atoms with Crippen LogP contribution in [0.2, 0.25) is 0 Å². The van der Waals surface area contributed by atoms with Crippen LogP contribution in [-0.2, 0) is 25.5 Å². The van der Waals surface area contributed by atoms with Gasteiger partial charge in [0, 0.05) is 24.9 Å². The van der Waals surface area contributed by atoms with E-state index in [9.17, 15) is 24.5 Å². The third-order valence-corrected chi connectivity index (χ3v) is 10.9. The molecule has 4 saturated carbocycles. The maximum Gasteiger partial charge on any atom is 0.329 e. The number of hydrogen-bond donors (Lipinski definition) is 4. The summed E-state index contributed by atoms with van der Waals surface area (Å²) in [5, 5.41) is 12.5. The number of nitro groups is 1. The van der Waals surface area contributed by atoms with Crippen LogP contribution in [0.25, 0.3) is 0 Å². The molecule has 13 nitrogen and oxygen atoms in total. The van der Waals surface area contributed by atoms with E-state index < -0.39 is 34.7 Å². The van der Waals surface area contributed by atoms with E-state index in [0.717, 1.165) is 42.6 Å². The highest BCUT2D eigenvalue weighted by Crippen LogP contribution is 2.64. The van der Waals surface area contributed by atoms with E-state index in [1.165, 1.54) is 19.3 Å². The predicted octanol–water partition coefficient (Wildman–Crippen LogP) is 2.45. The molecule has 2 amide bonds. The molecule has 4 aliphatic carbocycles. The number of nitrogens with zero attached hydrogens (tertiary/aromatic N) is 3. The van der Waals surface area contributed by atoms with Crippen molar-refractivity contribution < 1.29 is 24.2 Å². The van der Waals surface area contributed by atoms with Crippen molar-refractivity contribution in [2.24, 2.45) is 39.6 Å². The fourth-order valence-corrected chi connectivity index (χ4v) is 8.85. The number of hydrazine groups is 1. The summed E-state index contributed by atoms with van der Waals surface area (Å²) < 4.78 is 6.40. The molecule has 1 aromatic carbocycles. The number of likely N-dealkylation sites (tertiary alicyclic amines) is 1. The van der Waals surface area contributed by atoms with Crippen molar-refractivity contribution in [3.63, 3.8) is 0 Å². The average Bonchev–Trinajstić information content (AvgIpc) is 3.48. The summed E-state index contributed by atoms with van der Waals surface area (Å²) >= 11 is 0. The van der Waals surface area contributed by atoms with Crippen LogP contribution in [0.15, 0.2) is 35.3 Å². The maximum absolute atomic E-state index is 14.1. The summed E-state index contributed by atoms with van der Waals surface area (Å²) in [5.74, 6) is 0.628. The molecule has 6 N–H and O–H groups in total. The summed E-state index contributed by atoms with van der Waals surface area (Å²) in [4.78, 5) is 57.0. The lowest BCUT2D eigenvalue weighted by molar-refractivity contribution is -0.525. The van der Waals surface area contributed by atoms with Crippen molar-refractivity contribution in [2.45, 2.75) is 108 Å². The summed E-state index contributed by atoms with van der Waals surface area (Å²) in [5.41, 5.74) is 13.6. The standard InChI is InChI=1S/C33H49N7O6/c1-32(2,33-18-22-14-23(19-33)16-24(15-22)20-33)46-30(43)27-11-7-13-39(27)29(42)26(17-21-8-4-3-5-9-21)37-28(41)25(34)10-6-12-36-31(35)38-40(44)45/h3-5,8-9,22-27H,6-7,10-20,34H2,1-2H3,(H,37,41)(H3,35,36,38)/t22?,23?,24?,25-,26-,27-,33?/m0/s1. The van der Waals surface area contributed by atoms with Gasteiger partial charge >= 0.3 is 5.97 Å². The third kappa shape index (κ3) is 7.62. The topological polar surface area (TPSA) is 195 Å². The second-order valence-electron chi connectivity index (χ2n) is 14.5. The molecule has 252 valence electrons. The van der Waals surface area contributed by atoms with Crippen LogP contribution in [0.3, 0.4) is 0 Å². The molecule has 1 aromatic rings. The van der Waals surface area contributed by atoms with E-state index in [1.807, 2.05) is 30.3 Å². The lowest BCUT2D eigenvalue weighted by Gasteiger charge is -2.61. The minimum atomic E-state index is -0.939. The third-order valence-electron chi connectivity index (χ3n) is 10.9. The fourth-order valence-electron chi connectivity index (χ4n) is 8.85. The van der Waals surface area contributed by atoms with Gasteiger partial charge in [0.15, 0.2) is 5.03 Å². The van der Waals surface area contributed by atoms with Gasteiger partial charge in [-0.05, 0) is 101 Å². The Morgan fingerprint density at radius 2 is 1.76 bits per heavy atom. The molecule has 0 radical (unpaired) electrons. The van der Waals surface area contributed by atoms with Crippen molar-refractivity contribution in [2.75, 3.05) is 13.1 Å². The number of esters is 1. The Balaban J connectivity index is 1.23. The number of benzene rings is 1. The molecule has 0 spiro atoms. The lowest BCUT2D eigenvalue weighted by atomic mass is 9.46. The normalized spacial score (nSPS) is 28.4. The molecule has 6 rings (SSSR count). The number of hydrogen-bond acceptors (Lipinski definition) is 8. The van der Waals surface area contributed by atoms with Crippen molar-refractivity contribution in [3.05, 3.63) is 46.0 Å². The van der Waals surface area contributed by atoms with Gasteiger partial charge in [-0.15, -0.1) is 0 Å². The summed E-state index contributed by atoms with van der Waals surface area (Å²) in [6, 6.07) is 6.81. The molecule has 1 heterocycles. The molecule has 1 saturated heterocycles. The number of nitrogens with two attached hydrogens (primary N) is 2. The molecular formula is C33H49N7O6. The van der Waals surface area contributed by atoms with E-state index in [4.69, 9.17) is 16.2 Å². The summed E-state index contributed by atoms with van der Waals surface area (Å²) in [6.07, 6.45) is 9.23. The number of carbonyl (C=O) groups is 3. The smallest absolute Gasteiger partial charge is 0.329 e. The van der Waals surface area contributed by atoms with Gasteiger partial charge in [0.1, 0.15) is 17.7 Å². The Morgan fingerprint density at radius 3 is 2.37 bits per heavy atom. The van der Waals surface area contributed by atoms with Crippen LogP contribution < -0.4 is 22.2 Å². The first-order valence-electron chi connectivity index (χ1n) is 16.7. The van der Waals surface area contributed by atoms with Crippen molar-refractivity contribution in [3.8, 4) is 0 Å². The Labute approximate surface area is 270 Å². The lowest BCUT2D eigenvalue weighted by Crippen LogP contribution is -2.59. The second-order valence-corrected chi connectivity index (χ2v) is 14.5. The molecule has 4 bridgehead atoms. The van der Waals surface area contributed by atoms with Crippen molar-refractivity contribution in [1.82, 2.24) is 15.6 Å². The van der Waals surface area contributed by atoms with E-state index in [0.29, 0.717) is 25.8 Å². The van der Waals surface area contributed by atoms with Gasteiger partial charge in [-0.3, -0.25) is 9.59 Å². The molecule has 0 unspecified atom stereocenters. The maximum atomic E-state index is 14.1. The largest absolute Gasteiger partial charge is 0.458 e. The number of guanidine groups is 1. The molecule has 46 heavy (non-hydrogen) atoms. The zero-order valence-corrected chi connectivity index (χ0v) is 27.0. The van der Waals surface area contributed by atoms with Crippen molar-refractivity contribution in [1.29, 1.82) is 0 Å². The van der Waals surface area contributed by atoms with E-state index >= 15 is 0 Å². The van der Waals surface area contributed by atoms with Gasteiger partial charge in [0.05, 0.1) is 6.04 Å². The van der Waals surface area contributed by atoms with E-state index in [1.54, 1.807) is 10.3 Å². The van der Waals surface area contributed by atoms with Crippen molar-refractivity contribution >= 4 is 23.7 Å². The van der Waals surface area contributed by atoms with Crippen LogP contribution in [-0.4, -0.2) is 70.5 Å². The van der Waals surface area contributed by atoms with Gasteiger partial charge < -0.3 is 26.4 Å². The minimum absolute atomic E-state index is 0.00914. The van der Waals surface area contributed by atoms with Gasteiger partial charge in [0.2, 0.25) is 11.8 Å². The van der Waals surface area contributed by atoms with Gasteiger partial charge in [-0.1, -0.05) is 35.8 Å². The molecule has 3 atom stereocenters. The van der Waals surface area contributed by atoms with Crippen LogP contribution >= 0.6 is 0 Å². The number of nitrogens with one attached hydrogen (secondary N) is 2. The van der Waals surface area contributed by atoms with E-state index in [-0.39, 0.29) is 42.6 Å². The highest BCUT2D eigenvalue weighted by molar-refractivity contribution is 5.92. The number of ether oxygens (including phenoxy) is 1. The zero-order chi connectivity index (χ0) is 33.1. The van der Waals surface area contributed by atoms with Crippen LogP contribution in [0, 0.1) is 33.3 Å². The Bertz CT molecular complexity index is 1280. The number of rotatable bonds is 13. The minimum Gasteiger partial charge on any atom is -0.458 e. The first-order valence-corrected chi connectivity index (χ1v) is 16.7. The van der Waals surface area contributed by atoms with Gasteiger partial charge in [0.25, 0.3) is 5.96 Å². The number of amides is 2. The highest BCUT2D eigenvalue weighted by Gasteiger charge is 2.59. The van der Waals surface area contributed by atoms with E-state index in [2.05, 4.69) is 24.2 Å². The molecule has 13 heteroatoms. The molecule has 5 aliphatic rings. The summed E-state index contributed by atoms with van der Waals surface area (Å²) in [6.45, 7) is 4.67. The highest BCUT2D eigenvalue weighted by atomic mass is 16.7. The van der Waals surface area contributed by atoms with Crippen LogP contribution in [0.5, 0.6) is 0 Å². The molecule has 0 aromatic heterocycles. The monoisotopic (exact) mass is 639 g/mol. The first kappa shape index (κ1) is 33.6. The Hall–Kier alpha value is -3.74.